The molecule has 1 saturated heterocycles. The van der Waals surface area contributed by atoms with Crippen LogP contribution in [0.1, 0.15) is 12.0 Å². The van der Waals surface area contributed by atoms with Crippen molar-refractivity contribution in [2.24, 2.45) is 5.92 Å². The number of nitrogens with zero attached hydrogens (tertiary/aromatic N) is 2. The van der Waals surface area contributed by atoms with Crippen molar-refractivity contribution >= 4 is 17.4 Å². The van der Waals surface area contributed by atoms with Crippen LogP contribution in [0.4, 0.5) is 11.5 Å². The molecule has 4 heteroatoms. The molecule has 1 fully saturated rings. The highest BCUT2D eigenvalue weighted by atomic mass is 16.2. The van der Waals surface area contributed by atoms with E-state index in [4.69, 9.17) is 12.2 Å². The first-order valence-electron chi connectivity index (χ1n) is 5.11. The molecule has 4 nitrogen and oxygen atoms in total. The van der Waals surface area contributed by atoms with E-state index in [1.54, 1.807) is 11.1 Å². The molecule has 1 aromatic heterocycles. The molecule has 0 spiro atoms. The molecular weight excluding hydrogens is 202 g/mol. The monoisotopic (exact) mass is 215 g/mol. The van der Waals surface area contributed by atoms with Gasteiger partial charge in [0.2, 0.25) is 5.91 Å². The first-order chi connectivity index (χ1) is 7.63. The zero-order valence-corrected chi connectivity index (χ0v) is 9.10. The van der Waals surface area contributed by atoms with Crippen molar-refractivity contribution in [3.05, 3.63) is 17.8 Å². The second kappa shape index (κ2) is 3.86. The Labute approximate surface area is 94.5 Å². The Morgan fingerprint density at radius 2 is 2.44 bits per heavy atom. The molecule has 1 aromatic rings. The first-order valence-corrected chi connectivity index (χ1v) is 5.11. The third-order valence-corrected chi connectivity index (χ3v) is 2.80. The summed E-state index contributed by atoms with van der Waals surface area (Å²) in [7, 11) is 0. The standard InChI is InChI=1S/C12H13N3O/c1-3-9-6-10(16)15(7-9)12-11(13)8(2)4-5-14-12/h1,4-5,9H,6-7,13H2,2H3. The van der Waals surface area contributed by atoms with Gasteiger partial charge in [0.15, 0.2) is 5.82 Å². The summed E-state index contributed by atoms with van der Waals surface area (Å²) in [5, 5.41) is 0. The molecule has 82 valence electrons. The van der Waals surface area contributed by atoms with Gasteiger partial charge in [-0.25, -0.2) is 4.98 Å². The number of aryl methyl sites for hydroxylation is 1. The number of carbonyl (C=O) groups is 1. The van der Waals surface area contributed by atoms with Crippen LogP contribution < -0.4 is 10.6 Å². The van der Waals surface area contributed by atoms with E-state index in [1.165, 1.54) is 0 Å². The van der Waals surface area contributed by atoms with Crippen LogP contribution in [0.3, 0.4) is 0 Å². The number of pyridine rings is 1. The number of nitrogen functional groups attached to an aromatic ring is 1. The molecule has 1 unspecified atom stereocenters. The Hall–Kier alpha value is -2.02. The van der Waals surface area contributed by atoms with Gasteiger partial charge in [0.05, 0.1) is 5.69 Å². The Balaban J connectivity index is 2.36. The van der Waals surface area contributed by atoms with Crippen LogP contribution in [0.5, 0.6) is 0 Å². The number of rotatable bonds is 1. The number of hydrogen-bond acceptors (Lipinski definition) is 3. The molecule has 1 aliphatic heterocycles. The summed E-state index contributed by atoms with van der Waals surface area (Å²) in [6, 6.07) is 1.82. The van der Waals surface area contributed by atoms with Crippen molar-refractivity contribution in [1.82, 2.24) is 4.98 Å². The highest BCUT2D eigenvalue weighted by molar-refractivity contribution is 5.97. The summed E-state index contributed by atoms with van der Waals surface area (Å²) < 4.78 is 0. The van der Waals surface area contributed by atoms with E-state index in [-0.39, 0.29) is 11.8 Å². The first kappa shape index (κ1) is 10.5. The number of aromatic nitrogens is 1. The van der Waals surface area contributed by atoms with Gasteiger partial charge in [0.1, 0.15) is 0 Å². The quantitative estimate of drug-likeness (QED) is 0.710. The molecule has 0 aliphatic carbocycles. The Morgan fingerprint density at radius 3 is 3.06 bits per heavy atom. The van der Waals surface area contributed by atoms with Gasteiger partial charge in [0, 0.05) is 25.1 Å². The smallest absolute Gasteiger partial charge is 0.229 e. The fourth-order valence-electron chi connectivity index (χ4n) is 1.79. The predicted molar refractivity (Wildman–Crippen MR) is 62.7 cm³/mol. The van der Waals surface area contributed by atoms with E-state index in [0.717, 1.165) is 5.56 Å². The van der Waals surface area contributed by atoms with Crippen molar-refractivity contribution in [3.8, 4) is 12.3 Å². The molecule has 16 heavy (non-hydrogen) atoms. The van der Waals surface area contributed by atoms with Crippen LogP contribution in [0, 0.1) is 25.2 Å². The lowest BCUT2D eigenvalue weighted by atomic mass is 10.1. The van der Waals surface area contributed by atoms with E-state index in [0.29, 0.717) is 24.5 Å². The fourth-order valence-corrected chi connectivity index (χ4v) is 1.79. The van der Waals surface area contributed by atoms with Crippen molar-refractivity contribution < 1.29 is 4.79 Å². The SMILES string of the molecule is C#CC1CC(=O)N(c2nccc(C)c2N)C1. The number of anilines is 2. The predicted octanol–water partition coefficient (Wildman–Crippen LogP) is 0.958. The Kier molecular flexibility index (Phi) is 2.53. The van der Waals surface area contributed by atoms with Gasteiger partial charge in [-0.05, 0) is 18.6 Å². The largest absolute Gasteiger partial charge is 0.396 e. The zero-order valence-electron chi connectivity index (χ0n) is 9.10. The van der Waals surface area contributed by atoms with Gasteiger partial charge < -0.3 is 5.73 Å². The summed E-state index contributed by atoms with van der Waals surface area (Å²) in [5.41, 5.74) is 7.37. The topological polar surface area (TPSA) is 59.2 Å². The van der Waals surface area contributed by atoms with Crippen LogP contribution >= 0.6 is 0 Å². The maximum absolute atomic E-state index is 11.7. The minimum atomic E-state index is -0.0331. The Bertz CT molecular complexity index is 476. The maximum atomic E-state index is 11.7. The van der Waals surface area contributed by atoms with E-state index in [2.05, 4.69) is 10.9 Å². The minimum absolute atomic E-state index is 0.00671. The number of amides is 1. The number of hydrogen-bond donors (Lipinski definition) is 1. The normalized spacial score (nSPS) is 19.9. The average molecular weight is 215 g/mol. The van der Waals surface area contributed by atoms with Crippen molar-refractivity contribution in [2.45, 2.75) is 13.3 Å². The lowest BCUT2D eigenvalue weighted by Gasteiger charge is -2.17. The molecule has 1 atom stereocenters. The summed E-state index contributed by atoms with van der Waals surface area (Å²) >= 11 is 0. The molecule has 0 bridgehead atoms. The highest BCUT2D eigenvalue weighted by Gasteiger charge is 2.31. The van der Waals surface area contributed by atoms with Crippen LogP contribution in [-0.2, 0) is 4.79 Å². The van der Waals surface area contributed by atoms with Gasteiger partial charge >= 0.3 is 0 Å². The lowest BCUT2D eigenvalue weighted by Crippen LogP contribution is -2.26. The van der Waals surface area contributed by atoms with Crippen molar-refractivity contribution in [1.29, 1.82) is 0 Å². The number of nitrogens with two attached hydrogens (primary N) is 1. The zero-order chi connectivity index (χ0) is 11.7. The average Bonchev–Trinajstić information content (AvgIpc) is 2.64. The molecule has 1 amide bonds. The van der Waals surface area contributed by atoms with Crippen LogP contribution in [-0.4, -0.2) is 17.4 Å². The van der Waals surface area contributed by atoms with Crippen molar-refractivity contribution in [3.63, 3.8) is 0 Å². The van der Waals surface area contributed by atoms with Crippen molar-refractivity contribution in [2.75, 3.05) is 17.2 Å². The van der Waals surface area contributed by atoms with Gasteiger partial charge in [-0.2, -0.15) is 0 Å². The molecule has 2 heterocycles. The van der Waals surface area contributed by atoms with Gasteiger partial charge in [0.25, 0.3) is 0 Å². The van der Waals surface area contributed by atoms with Gasteiger partial charge in [-0.3, -0.25) is 9.69 Å². The molecule has 1 aliphatic rings. The summed E-state index contributed by atoms with van der Waals surface area (Å²) in [6.45, 7) is 2.40. The lowest BCUT2D eigenvalue weighted by molar-refractivity contribution is -0.117. The summed E-state index contributed by atoms with van der Waals surface area (Å²) in [4.78, 5) is 17.5. The molecule has 0 aromatic carbocycles. The molecule has 2 N–H and O–H groups in total. The van der Waals surface area contributed by atoms with E-state index in [1.807, 2.05) is 13.0 Å². The molecule has 0 radical (unpaired) electrons. The summed E-state index contributed by atoms with van der Waals surface area (Å²) in [6.07, 6.45) is 7.35. The molecule has 0 saturated carbocycles. The minimum Gasteiger partial charge on any atom is -0.396 e. The van der Waals surface area contributed by atoms with Gasteiger partial charge in [-0.1, -0.05) is 0 Å². The molecular formula is C12H13N3O. The fraction of sp³-hybridized carbons (Fsp3) is 0.333. The second-order valence-electron chi connectivity index (χ2n) is 3.94. The Morgan fingerprint density at radius 1 is 1.69 bits per heavy atom. The van der Waals surface area contributed by atoms with Crippen LogP contribution in [0.2, 0.25) is 0 Å². The van der Waals surface area contributed by atoms with E-state index in [9.17, 15) is 4.79 Å². The third-order valence-electron chi connectivity index (χ3n) is 2.80. The van der Waals surface area contributed by atoms with E-state index >= 15 is 0 Å². The number of terminal acetylenes is 1. The van der Waals surface area contributed by atoms with Gasteiger partial charge in [-0.15, -0.1) is 12.3 Å². The molecule has 2 rings (SSSR count). The highest BCUT2D eigenvalue weighted by Crippen LogP contribution is 2.28. The van der Waals surface area contributed by atoms with Crippen LogP contribution in [0.15, 0.2) is 12.3 Å². The maximum Gasteiger partial charge on any atom is 0.229 e. The third kappa shape index (κ3) is 1.61. The summed E-state index contributed by atoms with van der Waals surface area (Å²) in [5.74, 6) is 3.09. The van der Waals surface area contributed by atoms with E-state index < -0.39 is 0 Å². The van der Waals surface area contributed by atoms with Crippen LogP contribution in [0.25, 0.3) is 0 Å². The number of carbonyl (C=O) groups excluding carboxylic acids is 1. The second-order valence-corrected chi connectivity index (χ2v) is 3.94.